The van der Waals surface area contributed by atoms with E-state index in [4.69, 9.17) is 10.2 Å². The van der Waals surface area contributed by atoms with Gasteiger partial charge in [0.05, 0.1) is 0 Å². The molecule has 0 aromatic rings. The van der Waals surface area contributed by atoms with Crippen LogP contribution in [0.15, 0.2) is 0 Å². The second-order valence-electron chi connectivity index (χ2n) is 4.56. The Morgan fingerprint density at radius 3 is 0.647 bits per heavy atom. The van der Waals surface area contributed by atoms with Crippen LogP contribution >= 0.6 is 0 Å². The van der Waals surface area contributed by atoms with Crippen molar-refractivity contribution in [2.45, 2.75) is 84.0 Å². The molecule has 0 atom stereocenters. The van der Waals surface area contributed by atoms with Gasteiger partial charge in [-0.05, 0) is 6.92 Å². The molecule has 2 heteroatoms. The van der Waals surface area contributed by atoms with E-state index in [0.29, 0.717) is 0 Å². The molecule has 17 heavy (non-hydrogen) atoms. The summed E-state index contributed by atoms with van der Waals surface area (Å²) in [7, 11) is 1.00. The van der Waals surface area contributed by atoms with Crippen molar-refractivity contribution in [1.82, 2.24) is 0 Å². The Balaban J connectivity index is 0. The van der Waals surface area contributed by atoms with Gasteiger partial charge in [-0.25, -0.2) is 0 Å². The summed E-state index contributed by atoms with van der Waals surface area (Å²) in [5.74, 6) is 0. The molecule has 0 saturated heterocycles. The molecule has 106 valence electrons. The first-order chi connectivity index (χ1) is 8.41. The van der Waals surface area contributed by atoms with Gasteiger partial charge in [0.1, 0.15) is 0 Å². The van der Waals surface area contributed by atoms with Crippen molar-refractivity contribution in [3.63, 3.8) is 0 Å². The molecule has 0 aromatic heterocycles. The first-order valence-corrected chi connectivity index (χ1v) is 7.47. The summed E-state index contributed by atoms with van der Waals surface area (Å²) in [6.45, 7) is 1.93. The molecular weight excluding hydrogens is 212 g/mol. The van der Waals surface area contributed by atoms with Crippen LogP contribution < -0.4 is 0 Å². The molecule has 0 radical (unpaired) electrons. The van der Waals surface area contributed by atoms with Crippen LogP contribution in [0.1, 0.15) is 84.0 Å². The molecule has 0 amide bonds. The largest absolute Gasteiger partial charge is 0.400 e. The number of rotatable bonds is 0. The van der Waals surface area contributed by atoms with Crippen molar-refractivity contribution in [2.24, 2.45) is 0 Å². The van der Waals surface area contributed by atoms with Gasteiger partial charge < -0.3 is 10.2 Å². The number of hydrogen-bond acceptors (Lipinski definition) is 2. The summed E-state index contributed by atoms with van der Waals surface area (Å²) in [5.41, 5.74) is 0. The van der Waals surface area contributed by atoms with Crippen LogP contribution in [0.25, 0.3) is 0 Å². The lowest BCUT2D eigenvalue weighted by Gasteiger charge is -2.05. The van der Waals surface area contributed by atoms with E-state index in [0.717, 1.165) is 7.11 Å². The summed E-state index contributed by atoms with van der Waals surface area (Å²) in [6.07, 6.45) is 18.0. The van der Waals surface area contributed by atoms with Gasteiger partial charge in [0.2, 0.25) is 0 Å². The van der Waals surface area contributed by atoms with E-state index < -0.39 is 0 Å². The topological polar surface area (TPSA) is 40.5 Å². The van der Waals surface area contributed by atoms with Gasteiger partial charge in [-0.3, -0.25) is 0 Å². The van der Waals surface area contributed by atoms with Gasteiger partial charge in [-0.15, -0.1) is 0 Å². The van der Waals surface area contributed by atoms with Crippen molar-refractivity contribution in [3.05, 3.63) is 0 Å². The van der Waals surface area contributed by atoms with E-state index >= 15 is 0 Å². The number of hydrogen-bond donors (Lipinski definition) is 2. The predicted molar refractivity (Wildman–Crippen MR) is 76.3 cm³/mol. The first kappa shape index (κ1) is 19.3. The lowest BCUT2D eigenvalue weighted by molar-refractivity contribution is 0.318. The molecule has 2 fully saturated rings. The van der Waals surface area contributed by atoms with E-state index in [1.807, 2.05) is 0 Å². The van der Waals surface area contributed by atoms with Crippen LogP contribution in [0.3, 0.4) is 0 Å². The summed E-state index contributed by atoms with van der Waals surface area (Å²) in [5, 5.41) is 14.6. The second-order valence-corrected chi connectivity index (χ2v) is 4.56. The van der Waals surface area contributed by atoms with Crippen LogP contribution in [0.2, 0.25) is 0 Å². The first-order valence-electron chi connectivity index (χ1n) is 7.47. The fourth-order valence-corrected chi connectivity index (χ4v) is 2.12. The van der Waals surface area contributed by atoms with E-state index in [1.165, 1.54) is 77.0 Å². The van der Waals surface area contributed by atoms with Crippen molar-refractivity contribution < 1.29 is 10.2 Å². The summed E-state index contributed by atoms with van der Waals surface area (Å²) in [6, 6.07) is 0. The standard InChI is InChI=1S/2C6H12.C2H6O.CH4O/c2*1-2-4-6-5-3-1;1-2-3;1-2/h2*1-6H2;3H,2H2,1H3;2H,1H3. The minimum absolute atomic E-state index is 0.250. The van der Waals surface area contributed by atoms with E-state index in [-0.39, 0.29) is 6.61 Å². The van der Waals surface area contributed by atoms with Gasteiger partial charge in [0.25, 0.3) is 0 Å². The van der Waals surface area contributed by atoms with Gasteiger partial charge >= 0.3 is 0 Å². The van der Waals surface area contributed by atoms with Crippen LogP contribution in [0.4, 0.5) is 0 Å². The average molecular weight is 246 g/mol. The zero-order valence-electron chi connectivity index (χ0n) is 12.1. The lowest BCUT2D eigenvalue weighted by Crippen LogP contribution is -1.85. The predicted octanol–water partition coefficient (Wildman–Crippen LogP) is 4.29. The molecule has 0 aliphatic heterocycles. The highest BCUT2D eigenvalue weighted by Crippen LogP contribution is 2.15. The third-order valence-corrected chi connectivity index (χ3v) is 3.00. The highest BCUT2D eigenvalue weighted by atomic mass is 16.2. The summed E-state index contributed by atoms with van der Waals surface area (Å²) >= 11 is 0. The Kier molecular flexibility index (Phi) is 24.1. The van der Waals surface area contributed by atoms with Crippen LogP contribution in [0, 0.1) is 0 Å². The summed E-state index contributed by atoms with van der Waals surface area (Å²) < 4.78 is 0. The third-order valence-electron chi connectivity index (χ3n) is 3.00. The van der Waals surface area contributed by atoms with Crippen LogP contribution in [-0.2, 0) is 0 Å². The Morgan fingerprint density at radius 1 is 0.529 bits per heavy atom. The molecule has 2 saturated carbocycles. The van der Waals surface area contributed by atoms with Crippen molar-refractivity contribution >= 4 is 0 Å². The smallest absolute Gasteiger partial charge is 0.0402 e. The molecule has 0 heterocycles. The monoisotopic (exact) mass is 246 g/mol. The normalized spacial score (nSPS) is 18.4. The van der Waals surface area contributed by atoms with E-state index in [2.05, 4.69) is 0 Å². The maximum absolute atomic E-state index is 7.57. The molecule has 0 unspecified atom stereocenters. The zero-order chi connectivity index (χ0) is 13.2. The maximum atomic E-state index is 7.57. The average Bonchev–Trinajstić information content (AvgIpc) is 2.46. The fourth-order valence-electron chi connectivity index (χ4n) is 2.12. The maximum Gasteiger partial charge on any atom is 0.0402 e. The highest BCUT2D eigenvalue weighted by molar-refractivity contribution is 4.51. The van der Waals surface area contributed by atoms with Crippen LogP contribution in [-0.4, -0.2) is 23.9 Å². The van der Waals surface area contributed by atoms with E-state index in [9.17, 15) is 0 Å². The molecule has 2 nitrogen and oxygen atoms in total. The molecule has 2 N–H and O–H groups in total. The molecular formula is C15H34O2. The van der Waals surface area contributed by atoms with Crippen molar-refractivity contribution in [3.8, 4) is 0 Å². The number of aliphatic hydroxyl groups is 2. The minimum atomic E-state index is 0.250. The lowest BCUT2D eigenvalue weighted by atomic mass is 10.0. The minimum Gasteiger partial charge on any atom is -0.400 e. The Morgan fingerprint density at radius 2 is 0.588 bits per heavy atom. The van der Waals surface area contributed by atoms with Gasteiger partial charge in [-0.2, -0.15) is 0 Å². The SMILES string of the molecule is C1CCCCC1.C1CCCCC1.CCO.CO. The molecule has 2 aliphatic rings. The molecule has 0 spiro atoms. The highest BCUT2D eigenvalue weighted by Gasteiger charge is 1.96. The van der Waals surface area contributed by atoms with Crippen molar-refractivity contribution in [2.75, 3.05) is 13.7 Å². The molecule has 0 bridgehead atoms. The summed E-state index contributed by atoms with van der Waals surface area (Å²) in [4.78, 5) is 0. The van der Waals surface area contributed by atoms with Gasteiger partial charge in [0.15, 0.2) is 0 Å². The van der Waals surface area contributed by atoms with Crippen LogP contribution in [0.5, 0.6) is 0 Å². The zero-order valence-corrected chi connectivity index (χ0v) is 12.1. The molecule has 2 rings (SSSR count). The second kappa shape index (κ2) is 21.2. The Bertz CT molecular complexity index is 62.1. The van der Waals surface area contributed by atoms with Gasteiger partial charge in [-0.1, -0.05) is 77.0 Å². The van der Waals surface area contributed by atoms with Gasteiger partial charge in [0, 0.05) is 13.7 Å². The quantitative estimate of drug-likeness (QED) is 0.669. The fraction of sp³-hybridized carbons (Fsp3) is 1.00. The molecule has 2 aliphatic carbocycles. The Labute approximate surface area is 108 Å². The number of aliphatic hydroxyl groups excluding tert-OH is 2. The van der Waals surface area contributed by atoms with Crippen molar-refractivity contribution in [1.29, 1.82) is 0 Å². The van der Waals surface area contributed by atoms with E-state index in [1.54, 1.807) is 6.92 Å². The Hall–Kier alpha value is -0.0800. The molecule has 0 aromatic carbocycles. The third kappa shape index (κ3) is 21.7.